The number of hydrogen-bond donors (Lipinski definition) is 3. The Bertz CT molecular complexity index is 1920. The third-order valence-electron chi connectivity index (χ3n) is 10.4. The maximum absolute atomic E-state index is 14.5. The number of thioether (sulfide) groups is 1. The van der Waals surface area contributed by atoms with E-state index in [2.05, 4.69) is 73.8 Å². The summed E-state index contributed by atoms with van der Waals surface area (Å²) in [5.74, 6) is 1.62. The number of nitrogens with one attached hydrogen (secondary N) is 3. The molecule has 4 aromatic rings. The van der Waals surface area contributed by atoms with Crippen molar-refractivity contribution in [1.29, 1.82) is 0 Å². The van der Waals surface area contributed by atoms with Gasteiger partial charge in [-0.15, -0.1) is 11.3 Å². The molecule has 0 bridgehead atoms. The van der Waals surface area contributed by atoms with Gasteiger partial charge in [0.1, 0.15) is 22.8 Å². The standard InChI is InChI=1S/C41H50FN7O3S2/c1-26-21-49(22-27(2)44-26)23-29-7-12-36(31(17-29)24-48-13-15-53-16-14-48)30-5-4-6-35(18-30)52-41-37(19-32(42)20-43-41)39(50)46-33-8-10-34(11-9-33)47-40(51)38-25-54-28(3)45-38/h4-7,12,17-20,25-27,33-34,44H,8-11,13-16,21-24H2,1-3H3,(H,46,50)(H,47,51)/t26-,27?,33-,34-/m0/s1. The number of aryl methyl sites for hydroxylation is 1. The van der Waals surface area contributed by atoms with E-state index in [0.717, 1.165) is 73.1 Å². The maximum Gasteiger partial charge on any atom is 0.270 e. The molecule has 1 aliphatic carbocycles. The van der Waals surface area contributed by atoms with Gasteiger partial charge in [-0.2, -0.15) is 11.8 Å². The zero-order valence-electron chi connectivity index (χ0n) is 31.3. The smallest absolute Gasteiger partial charge is 0.270 e. The number of rotatable bonds is 11. The van der Waals surface area contributed by atoms with Crippen molar-refractivity contribution in [3.05, 3.63) is 93.3 Å². The Hall–Kier alpha value is -3.88. The number of thiazole rings is 1. The van der Waals surface area contributed by atoms with Crippen LogP contribution in [-0.4, -0.2) is 93.4 Å². The Morgan fingerprint density at radius 1 is 0.926 bits per heavy atom. The first kappa shape index (κ1) is 38.4. The molecule has 0 radical (unpaired) electrons. The summed E-state index contributed by atoms with van der Waals surface area (Å²) in [6, 6.07) is 16.7. The summed E-state index contributed by atoms with van der Waals surface area (Å²) >= 11 is 3.46. The van der Waals surface area contributed by atoms with E-state index in [1.54, 1.807) is 5.38 Å². The number of carbonyl (C=O) groups is 2. The molecule has 1 unspecified atom stereocenters. The fourth-order valence-electron chi connectivity index (χ4n) is 7.87. The van der Waals surface area contributed by atoms with E-state index in [1.165, 1.54) is 28.5 Å². The molecule has 2 aromatic carbocycles. The number of benzene rings is 2. The highest BCUT2D eigenvalue weighted by Gasteiger charge is 2.27. The Labute approximate surface area is 325 Å². The quantitative estimate of drug-likeness (QED) is 0.155. The molecule has 3 N–H and O–H groups in total. The Morgan fingerprint density at radius 3 is 2.35 bits per heavy atom. The summed E-state index contributed by atoms with van der Waals surface area (Å²) in [5, 5.41) is 12.4. The first-order chi connectivity index (χ1) is 26.1. The molecule has 3 aliphatic rings. The molecule has 10 nitrogen and oxygen atoms in total. The van der Waals surface area contributed by atoms with Crippen LogP contribution >= 0.6 is 23.1 Å². The summed E-state index contributed by atoms with van der Waals surface area (Å²) < 4.78 is 20.8. The fraction of sp³-hybridized carbons (Fsp3) is 0.463. The number of amides is 2. The number of ether oxygens (including phenoxy) is 1. The average molecular weight is 772 g/mol. The SMILES string of the molecule is Cc1nc(C(=O)N[C@H]2CC[C@H](NC(=O)c3cc(F)cnc3Oc3cccc(-c4ccc(CN5CC(C)N[C@@H](C)C5)cc4CN4CCSCC4)c3)CC2)cs1. The molecule has 3 fully saturated rings. The zero-order chi connectivity index (χ0) is 37.6. The lowest BCUT2D eigenvalue weighted by atomic mass is 9.91. The first-order valence-electron chi connectivity index (χ1n) is 19.0. The van der Waals surface area contributed by atoms with Crippen molar-refractivity contribution < 1.29 is 18.7 Å². The van der Waals surface area contributed by atoms with Gasteiger partial charge in [0.05, 0.1) is 11.2 Å². The first-order valence-corrected chi connectivity index (χ1v) is 21.1. The van der Waals surface area contributed by atoms with E-state index in [9.17, 15) is 14.0 Å². The van der Waals surface area contributed by atoms with Crippen LogP contribution in [0, 0.1) is 12.7 Å². The molecule has 286 valence electrons. The van der Waals surface area contributed by atoms with Gasteiger partial charge in [-0.05, 0) is 86.9 Å². The van der Waals surface area contributed by atoms with Crippen LogP contribution in [0.25, 0.3) is 11.1 Å². The van der Waals surface area contributed by atoms with Crippen LogP contribution in [0.2, 0.25) is 0 Å². The van der Waals surface area contributed by atoms with Gasteiger partial charge < -0.3 is 20.7 Å². The molecule has 1 saturated carbocycles. The van der Waals surface area contributed by atoms with Crippen LogP contribution in [0.15, 0.2) is 60.1 Å². The Morgan fingerprint density at radius 2 is 1.65 bits per heavy atom. The van der Waals surface area contributed by atoms with Gasteiger partial charge in [0.15, 0.2) is 0 Å². The molecule has 13 heteroatoms. The topological polar surface area (TPSA) is 112 Å². The highest BCUT2D eigenvalue weighted by atomic mass is 32.2. The lowest BCUT2D eigenvalue weighted by molar-refractivity contribution is 0.0888. The van der Waals surface area contributed by atoms with Crippen LogP contribution in [0.3, 0.4) is 0 Å². The number of carbonyl (C=O) groups excluding carboxylic acids is 2. The predicted octanol–water partition coefficient (Wildman–Crippen LogP) is 6.65. The third kappa shape index (κ3) is 10.0. The van der Waals surface area contributed by atoms with E-state index < -0.39 is 11.7 Å². The molecule has 2 atom stereocenters. The summed E-state index contributed by atoms with van der Waals surface area (Å²) in [6.07, 6.45) is 3.86. The highest BCUT2D eigenvalue weighted by molar-refractivity contribution is 7.99. The summed E-state index contributed by atoms with van der Waals surface area (Å²) in [5.41, 5.74) is 5.21. The van der Waals surface area contributed by atoms with Crippen LogP contribution in [-0.2, 0) is 13.1 Å². The van der Waals surface area contributed by atoms with Gasteiger partial charge in [-0.1, -0.05) is 30.3 Å². The minimum Gasteiger partial charge on any atom is -0.438 e. The van der Waals surface area contributed by atoms with Gasteiger partial charge in [0.2, 0.25) is 5.88 Å². The second kappa shape index (κ2) is 17.7. The van der Waals surface area contributed by atoms with Crippen molar-refractivity contribution in [2.75, 3.05) is 37.7 Å². The summed E-state index contributed by atoms with van der Waals surface area (Å²) in [7, 11) is 0. The zero-order valence-corrected chi connectivity index (χ0v) is 32.9. The Balaban J connectivity index is 1.04. The van der Waals surface area contributed by atoms with Crippen LogP contribution in [0.1, 0.15) is 76.5 Å². The second-order valence-corrected chi connectivity index (χ2v) is 17.2. The number of nitrogens with zero attached hydrogens (tertiary/aromatic N) is 4. The van der Waals surface area contributed by atoms with Gasteiger partial charge in [0.25, 0.3) is 11.8 Å². The lowest BCUT2D eigenvalue weighted by Crippen LogP contribution is -2.53. The molecular formula is C41H50FN7O3S2. The molecular weight excluding hydrogens is 722 g/mol. The summed E-state index contributed by atoms with van der Waals surface area (Å²) in [4.78, 5) is 39.7. The van der Waals surface area contributed by atoms with E-state index in [1.807, 2.05) is 36.9 Å². The van der Waals surface area contributed by atoms with Gasteiger partial charge >= 0.3 is 0 Å². The van der Waals surface area contributed by atoms with Crippen LogP contribution < -0.4 is 20.7 Å². The molecule has 2 aromatic heterocycles. The molecule has 4 heterocycles. The van der Waals surface area contributed by atoms with E-state index in [4.69, 9.17) is 4.74 Å². The number of halogens is 1. The van der Waals surface area contributed by atoms with Crippen molar-refractivity contribution in [3.63, 3.8) is 0 Å². The minimum atomic E-state index is -0.615. The average Bonchev–Trinajstić information content (AvgIpc) is 3.60. The number of aromatic nitrogens is 2. The fourth-order valence-corrected chi connectivity index (χ4v) is 9.44. The van der Waals surface area contributed by atoms with E-state index in [0.29, 0.717) is 49.2 Å². The largest absolute Gasteiger partial charge is 0.438 e. The number of pyridine rings is 1. The molecule has 54 heavy (non-hydrogen) atoms. The lowest BCUT2D eigenvalue weighted by Gasteiger charge is -2.36. The van der Waals surface area contributed by atoms with Crippen LogP contribution in [0.5, 0.6) is 11.6 Å². The summed E-state index contributed by atoms with van der Waals surface area (Å²) in [6.45, 7) is 12.3. The Kier molecular flexibility index (Phi) is 12.6. The monoisotopic (exact) mass is 771 g/mol. The van der Waals surface area contributed by atoms with Gasteiger partial charge in [0, 0.05) is 80.3 Å². The van der Waals surface area contributed by atoms with Crippen molar-refractivity contribution >= 4 is 34.9 Å². The molecule has 2 aliphatic heterocycles. The van der Waals surface area contributed by atoms with E-state index >= 15 is 0 Å². The van der Waals surface area contributed by atoms with Crippen LogP contribution in [0.4, 0.5) is 4.39 Å². The van der Waals surface area contributed by atoms with Crippen molar-refractivity contribution in [3.8, 4) is 22.8 Å². The second-order valence-electron chi connectivity index (χ2n) is 14.9. The maximum atomic E-state index is 14.5. The molecule has 2 saturated heterocycles. The van der Waals surface area contributed by atoms with E-state index in [-0.39, 0.29) is 29.4 Å². The molecule has 0 spiro atoms. The number of hydrogen-bond acceptors (Lipinski definition) is 10. The molecule has 7 rings (SSSR count). The number of piperazine rings is 1. The van der Waals surface area contributed by atoms with Gasteiger partial charge in [-0.25, -0.2) is 14.4 Å². The predicted molar refractivity (Wildman–Crippen MR) is 214 cm³/mol. The van der Waals surface area contributed by atoms with Crippen molar-refractivity contribution in [2.24, 2.45) is 0 Å². The van der Waals surface area contributed by atoms with Crippen molar-refractivity contribution in [2.45, 2.75) is 83.7 Å². The normalized spacial score (nSPS) is 22.4. The van der Waals surface area contributed by atoms with Crippen molar-refractivity contribution in [1.82, 2.24) is 35.7 Å². The molecule has 2 amide bonds. The minimum absolute atomic E-state index is 0.00472. The van der Waals surface area contributed by atoms with Gasteiger partial charge in [-0.3, -0.25) is 19.4 Å². The highest BCUT2D eigenvalue weighted by Crippen LogP contribution is 2.33. The third-order valence-corrected chi connectivity index (χ3v) is 12.1.